The summed E-state index contributed by atoms with van der Waals surface area (Å²) in [6.07, 6.45) is 0. The summed E-state index contributed by atoms with van der Waals surface area (Å²) >= 11 is 1.37. The Bertz CT molecular complexity index is 924. The van der Waals surface area contributed by atoms with Gasteiger partial charge in [0.15, 0.2) is 0 Å². The lowest BCUT2D eigenvalue weighted by Gasteiger charge is -2.09. The molecule has 3 aromatic rings. The Hall–Kier alpha value is -2.73. The molecule has 0 bridgehead atoms. The maximum atomic E-state index is 13.2. The number of aromatic nitrogens is 1. The van der Waals surface area contributed by atoms with Crippen LogP contribution in [0.4, 0.5) is 4.39 Å². The molecule has 0 fully saturated rings. The number of halogens is 1. The summed E-state index contributed by atoms with van der Waals surface area (Å²) in [6.45, 7) is 4.61. The molecule has 26 heavy (non-hydrogen) atoms. The van der Waals surface area contributed by atoms with Crippen LogP contribution in [0.15, 0.2) is 47.8 Å². The molecule has 1 amide bonds. The van der Waals surface area contributed by atoms with Crippen molar-refractivity contribution in [2.75, 3.05) is 0 Å². The predicted molar refractivity (Wildman–Crippen MR) is 99.9 cm³/mol. The van der Waals surface area contributed by atoms with E-state index in [2.05, 4.69) is 10.3 Å². The van der Waals surface area contributed by atoms with Crippen LogP contribution < -0.4 is 10.1 Å². The van der Waals surface area contributed by atoms with Crippen LogP contribution in [-0.4, -0.2) is 10.9 Å². The molecule has 0 spiro atoms. The molecule has 6 heteroatoms. The lowest BCUT2D eigenvalue weighted by Crippen LogP contribution is -2.23. The largest absolute Gasteiger partial charge is 0.486 e. The van der Waals surface area contributed by atoms with E-state index in [4.69, 9.17) is 4.74 Å². The average molecular weight is 370 g/mol. The van der Waals surface area contributed by atoms with E-state index in [9.17, 15) is 9.18 Å². The molecule has 1 aromatic heterocycles. The number of ether oxygens (including phenoxy) is 1. The Labute approximate surface area is 155 Å². The van der Waals surface area contributed by atoms with E-state index in [-0.39, 0.29) is 18.3 Å². The van der Waals surface area contributed by atoms with Crippen molar-refractivity contribution < 1.29 is 13.9 Å². The van der Waals surface area contributed by atoms with E-state index < -0.39 is 0 Å². The van der Waals surface area contributed by atoms with Crippen molar-refractivity contribution in [3.8, 4) is 5.75 Å². The number of thiazole rings is 1. The van der Waals surface area contributed by atoms with Crippen LogP contribution in [0.25, 0.3) is 0 Å². The number of benzene rings is 2. The number of nitrogens with one attached hydrogen (secondary N) is 1. The maximum absolute atomic E-state index is 13.2. The number of carbonyl (C=O) groups is 1. The fraction of sp³-hybridized carbons (Fsp3) is 0.200. The maximum Gasteiger partial charge on any atom is 0.271 e. The van der Waals surface area contributed by atoms with Crippen molar-refractivity contribution in [2.24, 2.45) is 0 Å². The van der Waals surface area contributed by atoms with Crippen LogP contribution in [-0.2, 0) is 13.2 Å². The molecule has 0 atom stereocenters. The average Bonchev–Trinajstić information content (AvgIpc) is 3.10. The zero-order valence-corrected chi connectivity index (χ0v) is 15.4. The van der Waals surface area contributed by atoms with Crippen molar-refractivity contribution in [1.29, 1.82) is 0 Å². The van der Waals surface area contributed by atoms with E-state index in [1.165, 1.54) is 29.0 Å². The second kappa shape index (κ2) is 8.10. The van der Waals surface area contributed by atoms with Gasteiger partial charge < -0.3 is 10.1 Å². The van der Waals surface area contributed by atoms with Gasteiger partial charge in [-0.2, -0.15) is 0 Å². The van der Waals surface area contributed by atoms with Crippen LogP contribution >= 0.6 is 11.3 Å². The number of amides is 1. The molecule has 3 rings (SSSR count). The quantitative estimate of drug-likeness (QED) is 0.699. The second-order valence-corrected chi connectivity index (χ2v) is 6.87. The molecule has 1 N–H and O–H groups in total. The number of carbonyl (C=O) groups excluding carboxylic acids is 1. The van der Waals surface area contributed by atoms with E-state index in [1.807, 2.05) is 32.0 Å². The Morgan fingerprint density at radius 3 is 2.85 bits per heavy atom. The summed E-state index contributed by atoms with van der Waals surface area (Å²) < 4.78 is 19.0. The van der Waals surface area contributed by atoms with Crippen molar-refractivity contribution in [2.45, 2.75) is 27.0 Å². The van der Waals surface area contributed by atoms with Gasteiger partial charge in [0.05, 0.1) is 0 Å². The number of hydrogen-bond acceptors (Lipinski definition) is 4. The third kappa shape index (κ3) is 4.46. The van der Waals surface area contributed by atoms with Gasteiger partial charge in [0.1, 0.15) is 28.9 Å². The third-order valence-electron chi connectivity index (χ3n) is 4.03. The van der Waals surface area contributed by atoms with Crippen LogP contribution in [0.5, 0.6) is 5.75 Å². The van der Waals surface area contributed by atoms with Gasteiger partial charge in [-0.3, -0.25) is 4.79 Å². The van der Waals surface area contributed by atoms with E-state index in [0.717, 1.165) is 16.3 Å². The number of nitrogens with zero attached hydrogens (tertiary/aromatic N) is 1. The molecule has 4 nitrogen and oxygen atoms in total. The summed E-state index contributed by atoms with van der Waals surface area (Å²) in [4.78, 5) is 16.5. The molecule has 0 unspecified atom stereocenters. The first-order chi connectivity index (χ1) is 12.5. The van der Waals surface area contributed by atoms with E-state index >= 15 is 0 Å². The molecule has 0 radical (unpaired) electrons. The van der Waals surface area contributed by atoms with Gasteiger partial charge >= 0.3 is 0 Å². The minimum atomic E-state index is -0.323. The van der Waals surface area contributed by atoms with E-state index in [1.54, 1.807) is 17.5 Å². The summed E-state index contributed by atoms with van der Waals surface area (Å²) in [6, 6.07) is 12.0. The molecular weight excluding hydrogens is 351 g/mol. The van der Waals surface area contributed by atoms with Crippen molar-refractivity contribution >= 4 is 17.2 Å². The van der Waals surface area contributed by atoms with Gasteiger partial charge in [0.2, 0.25) is 0 Å². The monoisotopic (exact) mass is 370 g/mol. The Morgan fingerprint density at radius 2 is 2.04 bits per heavy atom. The van der Waals surface area contributed by atoms with Crippen LogP contribution in [0.2, 0.25) is 0 Å². The molecule has 0 aliphatic heterocycles. The third-order valence-corrected chi connectivity index (χ3v) is 4.85. The Morgan fingerprint density at radius 1 is 1.23 bits per heavy atom. The number of aryl methyl sites for hydroxylation is 1. The van der Waals surface area contributed by atoms with Crippen molar-refractivity contribution in [3.05, 3.63) is 81.1 Å². The van der Waals surface area contributed by atoms with Crippen LogP contribution in [0, 0.1) is 19.7 Å². The first kappa shape index (κ1) is 18.1. The zero-order chi connectivity index (χ0) is 18.5. The number of hydrogen-bond donors (Lipinski definition) is 1. The molecule has 2 aromatic carbocycles. The number of rotatable bonds is 6. The molecule has 0 aliphatic rings. The summed E-state index contributed by atoms with van der Waals surface area (Å²) in [7, 11) is 0. The predicted octanol–water partition coefficient (Wildman–Crippen LogP) is 4.41. The van der Waals surface area contributed by atoms with Crippen LogP contribution in [0.3, 0.4) is 0 Å². The van der Waals surface area contributed by atoms with Crippen molar-refractivity contribution in [3.63, 3.8) is 0 Å². The zero-order valence-electron chi connectivity index (χ0n) is 14.6. The van der Waals surface area contributed by atoms with Gasteiger partial charge in [-0.25, -0.2) is 9.37 Å². The summed E-state index contributed by atoms with van der Waals surface area (Å²) in [5, 5.41) is 5.16. The normalized spacial score (nSPS) is 10.6. The second-order valence-electron chi connectivity index (χ2n) is 5.93. The van der Waals surface area contributed by atoms with Gasteiger partial charge in [-0.05, 0) is 48.7 Å². The van der Waals surface area contributed by atoms with E-state index in [0.29, 0.717) is 17.9 Å². The highest BCUT2D eigenvalue weighted by Gasteiger charge is 2.11. The van der Waals surface area contributed by atoms with Gasteiger partial charge in [0.25, 0.3) is 5.91 Å². The molecular formula is C20H19FN2O2S. The summed E-state index contributed by atoms with van der Waals surface area (Å²) in [5.41, 5.74) is 3.30. The lowest BCUT2D eigenvalue weighted by molar-refractivity contribution is 0.0946. The SMILES string of the molecule is Cc1cccc(OCc2nc(C(=O)NCc3cccc(F)c3)cs2)c1C. The first-order valence-electron chi connectivity index (χ1n) is 8.19. The highest BCUT2D eigenvalue weighted by atomic mass is 32.1. The van der Waals surface area contributed by atoms with Gasteiger partial charge in [-0.1, -0.05) is 24.3 Å². The minimum Gasteiger partial charge on any atom is -0.486 e. The van der Waals surface area contributed by atoms with Crippen molar-refractivity contribution in [1.82, 2.24) is 10.3 Å². The highest BCUT2D eigenvalue weighted by molar-refractivity contribution is 7.09. The standard InChI is InChI=1S/C20H19FN2O2S/c1-13-5-3-8-18(14(13)2)25-11-19-23-17(12-26-19)20(24)22-10-15-6-4-7-16(21)9-15/h3-9,12H,10-11H2,1-2H3,(H,22,24). The Balaban J connectivity index is 1.57. The highest BCUT2D eigenvalue weighted by Crippen LogP contribution is 2.22. The minimum absolute atomic E-state index is 0.252. The summed E-state index contributed by atoms with van der Waals surface area (Å²) in [5.74, 6) is 0.206. The molecule has 0 aliphatic carbocycles. The molecule has 0 saturated carbocycles. The smallest absolute Gasteiger partial charge is 0.271 e. The van der Waals surface area contributed by atoms with Gasteiger partial charge in [0, 0.05) is 11.9 Å². The lowest BCUT2D eigenvalue weighted by atomic mass is 10.1. The van der Waals surface area contributed by atoms with Gasteiger partial charge in [-0.15, -0.1) is 11.3 Å². The molecule has 1 heterocycles. The molecule has 134 valence electrons. The van der Waals surface area contributed by atoms with Crippen LogP contribution in [0.1, 0.15) is 32.2 Å². The fourth-order valence-corrected chi connectivity index (χ4v) is 3.11. The Kier molecular flexibility index (Phi) is 5.63. The fourth-order valence-electron chi connectivity index (χ4n) is 2.42. The topological polar surface area (TPSA) is 51.2 Å². The first-order valence-corrected chi connectivity index (χ1v) is 9.07. The molecule has 0 saturated heterocycles.